The molecule has 2 aliphatic rings. The lowest BCUT2D eigenvalue weighted by Gasteiger charge is -2.39. The van der Waals surface area contributed by atoms with Crippen LogP contribution in [-0.4, -0.2) is 0 Å². The van der Waals surface area contributed by atoms with Gasteiger partial charge in [-0.1, -0.05) is 166 Å². The van der Waals surface area contributed by atoms with E-state index in [0.717, 1.165) is 19.3 Å². The van der Waals surface area contributed by atoms with Crippen molar-refractivity contribution in [2.24, 2.45) is 0 Å². The van der Waals surface area contributed by atoms with Gasteiger partial charge < -0.3 is 0 Å². The van der Waals surface area contributed by atoms with Crippen LogP contribution >= 0.6 is 0 Å². The summed E-state index contributed by atoms with van der Waals surface area (Å²) in [5, 5.41) is 0. The Morgan fingerprint density at radius 1 is 0.561 bits per heavy atom. The Labute approximate surface area is 246 Å². The van der Waals surface area contributed by atoms with E-state index in [0.29, 0.717) is 0 Å². The summed E-state index contributed by atoms with van der Waals surface area (Å²) < 4.78 is 0. The molecule has 0 heterocycles. The van der Waals surface area contributed by atoms with Crippen molar-refractivity contribution in [2.45, 2.75) is 57.3 Å². The summed E-state index contributed by atoms with van der Waals surface area (Å²) in [5.41, 5.74) is 11.7. The summed E-state index contributed by atoms with van der Waals surface area (Å²) in [6.07, 6.45) is 21.8. The van der Waals surface area contributed by atoms with Crippen molar-refractivity contribution in [3.63, 3.8) is 0 Å². The summed E-state index contributed by atoms with van der Waals surface area (Å²) in [6.45, 7) is 2.28. The molecule has 0 aliphatic heterocycles. The van der Waals surface area contributed by atoms with Gasteiger partial charge in [0.05, 0.1) is 5.41 Å². The molecule has 204 valence electrons. The minimum absolute atomic E-state index is 0.468. The van der Waals surface area contributed by atoms with Crippen molar-refractivity contribution >= 4 is 11.1 Å². The fourth-order valence-electron chi connectivity index (χ4n) is 6.78. The van der Waals surface area contributed by atoms with Gasteiger partial charge in [0.1, 0.15) is 0 Å². The van der Waals surface area contributed by atoms with Gasteiger partial charge in [-0.25, -0.2) is 0 Å². The number of hydrogen-bond donors (Lipinski definition) is 0. The van der Waals surface area contributed by atoms with E-state index in [2.05, 4.69) is 147 Å². The minimum Gasteiger partial charge on any atom is -0.0801 e. The van der Waals surface area contributed by atoms with Crippen molar-refractivity contribution in [2.75, 3.05) is 0 Å². The maximum atomic E-state index is 2.41. The topological polar surface area (TPSA) is 0 Å². The summed E-state index contributed by atoms with van der Waals surface area (Å²) in [7, 11) is 0. The van der Waals surface area contributed by atoms with Crippen LogP contribution < -0.4 is 0 Å². The second-order valence-electron chi connectivity index (χ2n) is 11.4. The molecule has 4 aromatic rings. The van der Waals surface area contributed by atoms with Gasteiger partial charge in [-0.3, -0.25) is 0 Å². The van der Waals surface area contributed by atoms with Gasteiger partial charge >= 0.3 is 0 Å². The van der Waals surface area contributed by atoms with Gasteiger partial charge in [-0.2, -0.15) is 0 Å². The molecule has 0 unspecified atom stereocenters. The van der Waals surface area contributed by atoms with Crippen LogP contribution in [-0.2, 0) is 11.8 Å². The molecule has 0 saturated heterocycles. The van der Waals surface area contributed by atoms with Gasteiger partial charge in [0.25, 0.3) is 0 Å². The highest BCUT2D eigenvalue weighted by atomic mass is 14.4. The van der Waals surface area contributed by atoms with Crippen molar-refractivity contribution in [3.8, 4) is 0 Å². The Morgan fingerprint density at radius 2 is 1.17 bits per heavy atom. The molecule has 0 amide bonds. The normalized spacial score (nSPS) is 14.4. The third-order valence-corrected chi connectivity index (χ3v) is 8.80. The molecular weight excluding hydrogens is 492 g/mol. The first-order chi connectivity index (χ1) is 20.3. The van der Waals surface area contributed by atoms with Gasteiger partial charge in [-0.15, -0.1) is 0 Å². The molecule has 0 spiro atoms. The molecule has 41 heavy (non-hydrogen) atoms. The predicted octanol–water partition coefficient (Wildman–Crippen LogP) is 10.9. The maximum Gasteiger partial charge on any atom is 0.0707 e. The first-order valence-electron chi connectivity index (χ1n) is 15.4. The van der Waals surface area contributed by atoms with Gasteiger partial charge in [0.15, 0.2) is 0 Å². The van der Waals surface area contributed by atoms with E-state index in [9.17, 15) is 0 Å². The molecule has 4 aromatic carbocycles. The Balaban J connectivity index is 1.62. The van der Waals surface area contributed by atoms with Crippen LogP contribution in [0.3, 0.4) is 0 Å². The molecule has 0 bridgehead atoms. The van der Waals surface area contributed by atoms with Crippen LogP contribution in [0.2, 0.25) is 0 Å². The standard InChI is InChI=1S/C41H40/c1-2-3-4-7-17-32-28-30-37(31-29-32)41(35-22-8-5-9-23-35,36-24-10-6-11-25-36)39-27-16-26-38(33-18-12-13-19-33)40(39)34-20-14-15-21-34/h5-6,8-16,18,20,22-31H,2-4,7,17,19,21H2,1H3. The Kier molecular flexibility index (Phi) is 8.28. The van der Waals surface area contributed by atoms with Crippen LogP contribution in [0.25, 0.3) is 11.1 Å². The summed E-state index contributed by atoms with van der Waals surface area (Å²) in [4.78, 5) is 0. The third kappa shape index (κ3) is 5.32. The molecule has 0 heteroatoms. The molecule has 6 rings (SSSR count). The minimum atomic E-state index is -0.468. The van der Waals surface area contributed by atoms with E-state index in [4.69, 9.17) is 0 Å². The maximum absolute atomic E-state index is 2.41. The fraction of sp³-hybridized carbons (Fsp3) is 0.220. The smallest absolute Gasteiger partial charge is 0.0707 e. The van der Waals surface area contributed by atoms with Crippen molar-refractivity contribution in [3.05, 3.63) is 179 Å². The lowest BCUT2D eigenvalue weighted by Crippen LogP contribution is -2.32. The third-order valence-electron chi connectivity index (χ3n) is 8.80. The lowest BCUT2D eigenvalue weighted by atomic mass is 9.62. The monoisotopic (exact) mass is 532 g/mol. The molecule has 0 N–H and O–H groups in total. The second-order valence-corrected chi connectivity index (χ2v) is 11.4. The van der Waals surface area contributed by atoms with Gasteiger partial charge in [0, 0.05) is 0 Å². The lowest BCUT2D eigenvalue weighted by molar-refractivity contribution is 0.666. The Morgan fingerprint density at radius 3 is 1.76 bits per heavy atom. The van der Waals surface area contributed by atoms with E-state index in [-0.39, 0.29) is 0 Å². The highest BCUT2D eigenvalue weighted by Crippen LogP contribution is 2.50. The number of hydrogen-bond acceptors (Lipinski definition) is 0. The van der Waals surface area contributed by atoms with Crippen LogP contribution in [0.4, 0.5) is 0 Å². The second kappa shape index (κ2) is 12.6. The van der Waals surface area contributed by atoms with E-state index in [1.807, 2.05) is 0 Å². The Bertz CT molecular complexity index is 1540. The number of rotatable bonds is 11. The van der Waals surface area contributed by atoms with E-state index in [1.165, 1.54) is 75.8 Å². The largest absolute Gasteiger partial charge is 0.0801 e. The highest BCUT2D eigenvalue weighted by molar-refractivity contribution is 5.87. The number of benzene rings is 4. The van der Waals surface area contributed by atoms with Gasteiger partial charge in [0.2, 0.25) is 0 Å². The average Bonchev–Trinajstić information content (AvgIpc) is 3.77. The number of unbranched alkanes of at least 4 members (excludes halogenated alkanes) is 3. The number of allylic oxidation sites excluding steroid dienone is 8. The molecule has 0 atom stereocenters. The fourth-order valence-corrected chi connectivity index (χ4v) is 6.78. The molecule has 0 nitrogen and oxygen atoms in total. The summed E-state index contributed by atoms with van der Waals surface area (Å²) in [5.74, 6) is 0. The zero-order valence-corrected chi connectivity index (χ0v) is 24.2. The molecule has 0 fully saturated rings. The SMILES string of the molecule is CCCCCCc1ccc(C(c2ccccc2)(c2ccccc2)c2cccc(C3=CC=CC3)c2C2=CC=CC2)cc1. The number of aryl methyl sites for hydroxylation is 1. The Hall–Kier alpha value is -4.16. The molecule has 2 aliphatic carbocycles. The van der Waals surface area contributed by atoms with Crippen molar-refractivity contribution in [1.82, 2.24) is 0 Å². The average molecular weight is 533 g/mol. The molecule has 0 radical (unpaired) electrons. The molecule has 0 saturated carbocycles. The van der Waals surface area contributed by atoms with E-state index < -0.39 is 5.41 Å². The van der Waals surface area contributed by atoms with Crippen LogP contribution in [0.1, 0.15) is 84.4 Å². The van der Waals surface area contributed by atoms with Crippen molar-refractivity contribution in [1.29, 1.82) is 0 Å². The van der Waals surface area contributed by atoms with Crippen LogP contribution in [0.15, 0.2) is 140 Å². The van der Waals surface area contributed by atoms with E-state index >= 15 is 0 Å². The zero-order valence-electron chi connectivity index (χ0n) is 24.2. The summed E-state index contributed by atoms with van der Waals surface area (Å²) in [6, 6.07) is 38.9. The molecular formula is C41H40. The zero-order chi connectivity index (χ0) is 27.9. The first kappa shape index (κ1) is 27.0. The van der Waals surface area contributed by atoms with Crippen LogP contribution in [0.5, 0.6) is 0 Å². The molecule has 0 aromatic heterocycles. The quantitative estimate of drug-likeness (QED) is 0.133. The summed E-state index contributed by atoms with van der Waals surface area (Å²) >= 11 is 0. The first-order valence-corrected chi connectivity index (χ1v) is 15.4. The van der Waals surface area contributed by atoms with E-state index in [1.54, 1.807) is 0 Å². The van der Waals surface area contributed by atoms with Gasteiger partial charge in [-0.05, 0) is 75.8 Å². The van der Waals surface area contributed by atoms with Crippen molar-refractivity contribution < 1.29 is 0 Å². The van der Waals surface area contributed by atoms with Crippen LogP contribution in [0, 0.1) is 0 Å². The predicted molar refractivity (Wildman–Crippen MR) is 176 cm³/mol. The highest BCUT2D eigenvalue weighted by Gasteiger charge is 2.41.